The molecule has 1 aliphatic rings. The highest BCUT2D eigenvalue weighted by Gasteiger charge is 2.31. The van der Waals surface area contributed by atoms with Gasteiger partial charge in [0.15, 0.2) is 0 Å². The normalized spacial score (nSPS) is 17.9. The van der Waals surface area contributed by atoms with E-state index in [4.69, 9.17) is 4.74 Å². The number of carbonyl (C=O) groups excluding carboxylic acids is 1. The highest BCUT2D eigenvalue weighted by atomic mass is 16.6. The first-order chi connectivity index (χ1) is 11.6. The van der Waals surface area contributed by atoms with Gasteiger partial charge < -0.3 is 15.0 Å². The quantitative estimate of drug-likeness (QED) is 0.885. The summed E-state index contributed by atoms with van der Waals surface area (Å²) in [5, 5.41) is 12.6. The first kappa shape index (κ1) is 19.1. The number of benzene rings is 1. The number of nitrogens with zero attached hydrogens (tertiary/aromatic N) is 2. The summed E-state index contributed by atoms with van der Waals surface area (Å²) in [6.07, 6.45) is 1.75. The number of nitrogens with one attached hydrogen (secondary N) is 1. The Kier molecular flexibility index (Phi) is 5.62. The zero-order chi connectivity index (χ0) is 18.7. The molecule has 1 atom stereocenters. The minimum Gasteiger partial charge on any atom is -0.444 e. The molecule has 136 valence electrons. The molecule has 2 rings (SSSR count). The first-order valence-corrected chi connectivity index (χ1v) is 8.88. The SMILES string of the molecule is CC(C)(C)OC(=O)N1CCCC1CNc1ccc(C(C)(C)C#N)cc1. The standard InChI is InChI=1S/C20H29N3O2/c1-19(2,3)25-18(24)23-12-6-7-17(23)13-22-16-10-8-15(9-11-16)20(4,5)14-21/h8-11,17,22H,6-7,12-13H2,1-5H3. The average molecular weight is 343 g/mol. The number of amides is 1. The fourth-order valence-corrected chi connectivity index (χ4v) is 2.91. The van der Waals surface area contributed by atoms with E-state index in [0.717, 1.165) is 30.6 Å². The molecule has 1 amide bonds. The van der Waals surface area contributed by atoms with Gasteiger partial charge >= 0.3 is 6.09 Å². The van der Waals surface area contributed by atoms with E-state index in [0.29, 0.717) is 6.54 Å². The van der Waals surface area contributed by atoms with Crippen LogP contribution in [-0.4, -0.2) is 35.7 Å². The summed E-state index contributed by atoms with van der Waals surface area (Å²) in [4.78, 5) is 14.1. The number of ether oxygens (including phenoxy) is 1. The van der Waals surface area contributed by atoms with Crippen molar-refractivity contribution in [2.24, 2.45) is 0 Å². The van der Waals surface area contributed by atoms with Crippen molar-refractivity contribution in [3.05, 3.63) is 29.8 Å². The summed E-state index contributed by atoms with van der Waals surface area (Å²) in [6, 6.07) is 10.4. The molecule has 1 unspecified atom stereocenters. The molecule has 0 aliphatic carbocycles. The highest BCUT2D eigenvalue weighted by Crippen LogP contribution is 2.25. The summed E-state index contributed by atoms with van der Waals surface area (Å²) in [5.74, 6) is 0. The van der Waals surface area contributed by atoms with Crippen molar-refractivity contribution in [1.29, 1.82) is 5.26 Å². The summed E-state index contributed by atoms with van der Waals surface area (Å²) in [7, 11) is 0. The summed E-state index contributed by atoms with van der Waals surface area (Å²) in [6.45, 7) is 10.9. The van der Waals surface area contributed by atoms with Crippen LogP contribution >= 0.6 is 0 Å². The lowest BCUT2D eigenvalue weighted by atomic mass is 9.86. The summed E-state index contributed by atoms with van der Waals surface area (Å²) in [5.41, 5.74) is 1.03. The lowest BCUT2D eigenvalue weighted by Crippen LogP contribution is -2.42. The third-order valence-corrected chi connectivity index (χ3v) is 4.43. The molecule has 1 aromatic carbocycles. The van der Waals surface area contributed by atoms with Gasteiger partial charge in [-0.15, -0.1) is 0 Å². The Labute approximate surface area is 151 Å². The Bertz CT molecular complexity index is 638. The second-order valence-corrected chi connectivity index (χ2v) is 8.16. The van der Waals surface area contributed by atoms with E-state index >= 15 is 0 Å². The zero-order valence-electron chi connectivity index (χ0n) is 15.9. The second-order valence-electron chi connectivity index (χ2n) is 8.16. The molecule has 1 N–H and O–H groups in total. The van der Waals surface area contributed by atoms with Gasteiger partial charge in [-0.25, -0.2) is 4.79 Å². The lowest BCUT2D eigenvalue weighted by molar-refractivity contribution is 0.0235. The Morgan fingerprint density at radius 1 is 1.28 bits per heavy atom. The van der Waals surface area contributed by atoms with Gasteiger partial charge in [0.2, 0.25) is 0 Å². The molecule has 0 aromatic heterocycles. The predicted octanol–water partition coefficient (Wildman–Crippen LogP) is 4.30. The molecular formula is C20H29N3O2. The Morgan fingerprint density at radius 3 is 2.48 bits per heavy atom. The molecule has 0 radical (unpaired) electrons. The Morgan fingerprint density at radius 2 is 1.92 bits per heavy atom. The van der Waals surface area contributed by atoms with Gasteiger partial charge in [0.05, 0.1) is 17.5 Å². The number of hydrogen-bond donors (Lipinski definition) is 1. The van der Waals surface area contributed by atoms with Crippen molar-refractivity contribution in [2.45, 2.75) is 64.5 Å². The molecule has 25 heavy (non-hydrogen) atoms. The van der Waals surface area contributed by atoms with Crippen molar-refractivity contribution >= 4 is 11.8 Å². The Hall–Kier alpha value is -2.22. The van der Waals surface area contributed by atoms with Crippen LogP contribution in [0.15, 0.2) is 24.3 Å². The Balaban J connectivity index is 1.94. The number of nitriles is 1. The summed E-state index contributed by atoms with van der Waals surface area (Å²) >= 11 is 0. The fraction of sp³-hybridized carbons (Fsp3) is 0.600. The van der Waals surface area contributed by atoms with Gasteiger partial charge in [-0.05, 0) is 65.2 Å². The molecular weight excluding hydrogens is 314 g/mol. The van der Waals surface area contributed by atoms with Crippen LogP contribution < -0.4 is 5.32 Å². The molecule has 1 aliphatic heterocycles. The smallest absolute Gasteiger partial charge is 0.410 e. The van der Waals surface area contributed by atoms with Gasteiger partial charge in [0, 0.05) is 18.8 Å². The van der Waals surface area contributed by atoms with Gasteiger partial charge in [-0.1, -0.05) is 12.1 Å². The maximum absolute atomic E-state index is 12.3. The maximum atomic E-state index is 12.3. The van der Waals surface area contributed by atoms with E-state index in [1.54, 1.807) is 0 Å². The van der Waals surface area contributed by atoms with Crippen LogP contribution in [0.2, 0.25) is 0 Å². The molecule has 1 heterocycles. The monoisotopic (exact) mass is 343 g/mol. The number of likely N-dealkylation sites (tertiary alicyclic amines) is 1. The number of anilines is 1. The molecule has 0 saturated carbocycles. The number of rotatable bonds is 4. The molecule has 1 fully saturated rings. The maximum Gasteiger partial charge on any atom is 0.410 e. The largest absolute Gasteiger partial charge is 0.444 e. The van der Waals surface area contributed by atoms with Crippen molar-refractivity contribution in [3.8, 4) is 6.07 Å². The van der Waals surface area contributed by atoms with E-state index in [1.165, 1.54) is 0 Å². The minimum absolute atomic E-state index is 0.144. The lowest BCUT2D eigenvalue weighted by Gasteiger charge is -2.29. The predicted molar refractivity (Wildman–Crippen MR) is 99.5 cm³/mol. The van der Waals surface area contributed by atoms with Crippen molar-refractivity contribution in [3.63, 3.8) is 0 Å². The van der Waals surface area contributed by atoms with Crippen molar-refractivity contribution in [2.75, 3.05) is 18.4 Å². The van der Waals surface area contributed by atoms with Gasteiger partial charge in [0.25, 0.3) is 0 Å². The average Bonchev–Trinajstić information content (AvgIpc) is 3.00. The second kappa shape index (κ2) is 7.35. The van der Waals surface area contributed by atoms with E-state index in [2.05, 4.69) is 11.4 Å². The molecule has 5 nitrogen and oxygen atoms in total. The van der Waals surface area contributed by atoms with E-state index in [9.17, 15) is 10.1 Å². The molecule has 1 saturated heterocycles. The number of carbonyl (C=O) groups is 1. The van der Waals surface area contributed by atoms with Crippen molar-refractivity contribution in [1.82, 2.24) is 4.90 Å². The third kappa shape index (κ3) is 5.12. The highest BCUT2D eigenvalue weighted by molar-refractivity contribution is 5.69. The van der Waals surface area contributed by atoms with Crippen LogP contribution in [0, 0.1) is 11.3 Å². The van der Waals surface area contributed by atoms with Gasteiger partial charge in [-0.2, -0.15) is 5.26 Å². The molecule has 5 heteroatoms. The molecule has 0 bridgehead atoms. The van der Waals surface area contributed by atoms with Crippen LogP contribution in [0.25, 0.3) is 0 Å². The molecule has 1 aromatic rings. The van der Waals surface area contributed by atoms with Crippen LogP contribution in [0.3, 0.4) is 0 Å². The van der Waals surface area contributed by atoms with Crippen LogP contribution in [0.5, 0.6) is 0 Å². The minimum atomic E-state index is -0.489. The first-order valence-electron chi connectivity index (χ1n) is 8.88. The van der Waals surface area contributed by atoms with Crippen LogP contribution in [-0.2, 0) is 10.2 Å². The van der Waals surface area contributed by atoms with E-state index in [1.807, 2.05) is 63.8 Å². The number of hydrogen-bond acceptors (Lipinski definition) is 4. The van der Waals surface area contributed by atoms with Gasteiger partial charge in [-0.3, -0.25) is 0 Å². The van der Waals surface area contributed by atoms with Gasteiger partial charge in [0.1, 0.15) is 5.60 Å². The fourth-order valence-electron chi connectivity index (χ4n) is 2.91. The summed E-state index contributed by atoms with van der Waals surface area (Å²) < 4.78 is 5.50. The topological polar surface area (TPSA) is 65.4 Å². The molecule has 0 spiro atoms. The van der Waals surface area contributed by atoms with Crippen LogP contribution in [0.1, 0.15) is 53.0 Å². The van der Waals surface area contributed by atoms with Crippen LogP contribution in [0.4, 0.5) is 10.5 Å². The third-order valence-electron chi connectivity index (χ3n) is 4.43. The van der Waals surface area contributed by atoms with Crippen molar-refractivity contribution < 1.29 is 9.53 Å². The zero-order valence-corrected chi connectivity index (χ0v) is 15.9. The van der Waals surface area contributed by atoms with E-state index < -0.39 is 11.0 Å². The van der Waals surface area contributed by atoms with E-state index in [-0.39, 0.29) is 12.1 Å².